The fourth-order valence-corrected chi connectivity index (χ4v) is 1.56. The zero-order valence-corrected chi connectivity index (χ0v) is 10.3. The Kier molecular flexibility index (Phi) is 3.96. The molecule has 2 aromatic rings. The quantitative estimate of drug-likeness (QED) is 0.907. The molecule has 1 heterocycles. The average Bonchev–Trinajstić information content (AvgIpc) is 2.48. The second-order valence-electron chi connectivity index (χ2n) is 3.71. The molecule has 19 heavy (non-hydrogen) atoms. The van der Waals surface area contributed by atoms with E-state index in [-0.39, 0.29) is 6.61 Å². The number of hydrogen-bond donors (Lipinski definition) is 1. The van der Waals surface area contributed by atoms with E-state index < -0.39 is 0 Å². The summed E-state index contributed by atoms with van der Waals surface area (Å²) >= 11 is 0. The first-order valence-corrected chi connectivity index (χ1v) is 5.59. The first kappa shape index (κ1) is 12.9. The number of ether oxygens (including phenoxy) is 2. The van der Waals surface area contributed by atoms with Crippen molar-refractivity contribution in [3.63, 3.8) is 0 Å². The molecule has 5 heteroatoms. The summed E-state index contributed by atoms with van der Waals surface area (Å²) in [7, 11) is 1.49. The summed E-state index contributed by atoms with van der Waals surface area (Å²) in [5.74, 6) is 1.19. The summed E-state index contributed by atoms with van der Waals surface area (Å²) < 4.78 is 10.8. The van der Waals surface area contributed by atoms with Crippen molar-refractivity contribution in [3.8, 4) is 23.4 Å². The molecule has 0 spiro atoms. The predicted molar refractivity (Wildman–Crippen MR) is 67.9 cm³/mol. The van der Waals surface area contributed by atoms with E-state index in [4.69, 9.17) is 14.7 Å². The normalized spacial score (nSPS) is 9.74. The molecule has 0 bridgehead atoms. The number of aliphatic hydroxyl groups is 1. The smallest absolute Gasteiger partial charge is 0.224 e. The highest BCUT2D eigenvalue weighted by molar-refractivity contribution is 5.48. The number of nitriles is 1. The van der Waals surface area contributed by atoms with E-state index in [9.17, 15) is 5.11 Å². The molecule has 0 fully saturated rings. The summed E-state index contributed by atoms with van der Waals surface area (Å²) in [4.78, 5) is 4.06. The van der Waals surface area contributed by atoms with E-state index in [2.05, 4.69) is 4.98 Å². The number of nitrogens with zero attached hydrogens (tertiary/aromatic N) is 2. The Morgan fingerprint density at radius 1 is 1.32 bits per heavy atom. The fourth-order valence-electron chi connectivity index (χ4n) is 1.56. The Bertz CT molecular complexity index is 620. The Labute approximate surface area is 110 Å². The highest BCUT2D eigenvalue weighted by Crippen LogP contribution is 2.32. The van der Waals surface area contributed by atoms with Crippen LogP contribution in [0, 0.1) is 11.3 Å². The lowest BCUT2D eigenvalue weighted by molar-refractivity contribution is 0.274. The molecule has 0 aliphatic heterocycles. The molecular weight excluding hydrogens is 244 g/mol. The molecule has 1 aromatic heterocycles. The van der Waals surface area contributed by atoms with Crippen LogP contribution in [0.5, 0.6) is 17.4 Å². The third-order valence-corrected chi connectivity index (χ3v) is 2.52. The monoisotopic (exact) mass is 256 g/mol. The van der Waals surface area contributed by atoms with Gasteiger partial charge in [0.05, 0.1) is 25.3 Å². The summed E-state index contributed by atoms with van der Waals surface area (Å²) in [6, 6.07) is 10.3. The van der Waals surface area contributed by atoms with Crippen LogP contribution in [-0.2, 0) is 6.61 Å². The molecule has 0 amide bonds. The van der Waals surface area contributed by atoms with Crippen molar-refractivity contribution in [2.75, 3.05) is 7.11 Å². The zero-order chi connectivity index (χ0) is 13.7. The Balaban J connectivity index is 2.35. The van der Waals surface area contributed by atoms with Crippen LogP contribution in [0.1, 0.15) is 11.1 Å². The van der Waals surface area contributed by atoms with Gasteiger partial charge >= 0.3 is 0 Å². The van der Waals surface area contributed by atoms with Gasteiger partial charge in [0.25, 0.3) is 0 Å². The van der Waals surface area contributed by atoms with Gasteiger partial charge < -0.3 is 14.6 Å². The van der Waals surface area contributed by atoms with Crippen molar-refractivity contribution < 1.29 is 14.6 Å². The number of benzene rings is 1. The standard InChI is InChI=1S/C14H12N2O3/c1-18-13-7-10(8-15)4-5-12(13)19-14-11(9-17)3-2-6-16-14/h2-7,17H,9H2,1H3. The van der Waals surface area contributed by atoms with E-state index in [1.54, 1.807) is 36.5 Å². The maximum Gasteiger partial charge on any atom is 0.224 e. The third-order valence-electron chi connectivity index (χ3n) is 2.52. The van der Waals surface area contributed by atoms with Crippen LogP contribution in [0.25, 0.3) is 0 Å². The molecule has 2 rings (SSSR count). The lowest BCUT2D eigenvalue weighted by Crippen LogP contribution is -1.96. The molecule has 0 aliphatic carbocycles. The predicted octanol–water partition coefficient (Wildman–Crippen LogP) is 2.25. The zero-order valence-electron chi connectivity index (χ0n) is 10.3. The van der Waals surface area contributed by atoms with E-state index in [0.717, 1.165) is 0 Å². The summed E-state index contributed by atoms with van der Waals surface area (Å²) in [5.41, 5.74) is 1.06. The van der Waals surface area contributed by atoms with Crippen molar-refractivity contribution in [1.82, 2.24) is 4.98 Å². The average molecular weight is 256 g/mol. The van der Waals surface area contributed by atoms with Gasteiger partial charge in [-0.05, 0) is 24.3 Å². The minimum absolute atomic E-state index is 0.165. The summed E-state index contributed by atoms with van der Waals surface area (Å²) in [5, 5.41) is 18.0. The largest absolute Gasteiger partial charge is 0.493 e. The van der Waals surface area contributed by atoms with Gasteiger partial charge in [-0.25, -0.2) is 4.98 Å². The molecule has 0 atom stereocenters. The van der Waals surface area contributed by atoms with Crippen LogP contribution in [0.4, 0.5) is 0 Å². The van der Waals surface area contributed by atoms with Crippen molar-refractivity contribution >= 4 is 0 Å². The van der Waals surface area contributed by atoms with Gasteiger partial charge in [0, 0.05) is 17.8 Å². The third kappa shape index (κ3) is 2.81. The van der Waals surface area contributed by atoms with E-state index in [1.165, 1.54) is 7.11 Å². The first-order chi connectivity index (χ1) is 9.28. The van der Waals surface area contributed by atoms with Crippen LogP contribution < -0.4 is 9.47 Å². The van der Waals surface area contributed by atoms with Gasteiger partial charge in [0.2, 0.25) is 5.88 Å². The molecule has 1 N–H and O–H groups in total. The Morgan fingerprint density at radius 2 is 2.16 bits per heavy atom. The van der Waals surface area contributed by atoms with Crippen LogP contribution >= 0.6 is 0 Å². The molecular formula is C14H12N2O3. The number of rotatable bonds is 4. The van der Waals surface area contributed by atoms with Crippen LogP contribution in [0.2, 0.25) is 0 Å². The molecule has 0 aliphatic rings. The lowest BCUT2D eigenvalue weighted by Gasteiger charge is -2.11. The van der Waals surface area contributed by atoms with Crippen molar-refractivity contribution in [3.05, 3.63) is 47.7 Å². The maximum atomic E-state index is 9.21. The highest BCUT2D eigenvalue weighted by Gasteiger charge is 2.10. The molecule has 96 valence electrons. The number of hydrogen-bond acceptors (Lipinski definition) is 5. The van der Waals surface area contributed by atoms with Crippen molar-refractivity contribution in [2.45, 2.75) is 6.61 Å². The van der Waals surface area contributed by atoms with E-state index in [1.807, 2.05) is 6.07 Å². The lowest BCUT2D eigenvalue weighted by atomic mass is 10.2. The van der Waals surface area contributed by atoms with Gasteiger partial charge in [0.15, 0.2) is 11.5 Å². The topological polar surface area (TPSA) is 75.4 Å². The first-order valence-electron chi connectivity index (χ1n) is 5.59. The van der Waals surface area contributed by atoms with Crippen LogP contribution in [-0.4, -0.2) is 17.2 Å². The second-order valence-corrected chi connectivity index (χ2v) is 3.71. The Hall–Kier alpha value is -2.58. The molecule has 0 saturated heterocycles. The minimum atomic E-state index is -0.165. The van der Waals surface area contributed by atoms with Gasteiger partial charge in [-0.3, -0.25) is 0 Å². The Morgan fingerprint density at radius 3 is 2.84 bits per heavy atom. The second kappa shape index (κ2) is 5.85. The van der Waals surface area contributed by atoms with E-state index in [0.29, 0.717) is 28.5 Å². The number of methoxy groups -OCH3 is 1. The minimum Gasteiger partial charge on any atom is -0.493 e. The molecule has 0 unspecified atom stereocenters. The number of pyridine rings is 1. The number of aromatic nitrogens is 1. The van der Waals surface area contributed by atoms with E-state index >= 15 is 0 Å². The summed E-state index contributed by atoms with van der Waals surface area (Å²) in [6.45, 7) is -0.165. The molecule has 0 saturated carbocycles. The molecule has 1 aromatic carbocycles. The van der Waals surface area contributed by atoms with Crippen molar-refractivity contribution in [2.24, 2.45) is 0 Å². The van der Waals surface area contributed by atoms with Gasteiger partial charge in [-0.2, -0.15) is 5.26 Å². The van der Waals surface area contributed by atoms with Gasteiger partial charge in [-0.1, -0.05) is 0 Å². The molecule has 5 nitrogen and oxygen atoms in total. The van der Waals surface area contributed by atoms with Crippen molar-refractivity contribution in [1.29, 1.82) is 5.26 Å². The van der Waals surface area contributed by atoms with Gasteiger partial charge in [-0.15, -0.1) is 0 Å². The van der Waals surface area contributed by atoms with Gasteiger partial charge in [0.1, 0.15) is 0 Å². The fraction of sp³-hybridized carbons (Fsp3) is 0.143. The highest BCUT2D eigenvalue weighted by atomic mass is 16.5. The summed E-state index contributed by atoms with van der Waals surface area (Å²) in [6.07, 6.45) is 1.57. The van der Waals surface area contributed by atoms with Crippen LogP contribution in [0.15, 0.2) is 36.5 Å². The SMILES string of the molecule is COc1cc(C#N)ccc1Oc1ncccc1CO. The number of aliphatic hydroxyl groups excluding tert-OH is 1. The molecule has 0 radical (unpaired) electrons. The maximum absolute atomic E-state index is 9.21. The van der Waals surface area contributed by atoms with Crippen LogP contribution in [0.3, 0.4) is 0 Å².